The first-order valence-corrected chi connectivity index (χ1v) is 8.06. The molecule has 2 heterocycles. The van der Waals surface area contributed by atoms with E-state index < -0.39 is 6.43 Å². The second-order valence-electron chi connectivity index (χ2n) is 6.04. The molecule has 4 rings (SSSR count). The van der Waals surface area contributed by atoms with Crippen LogP contribution >= 0.6 is 0 Å². The van der Waals surface area contributed by atoms with Gasteiger partial charge in [0, 0.05) is 11.8 Å². The third kappa shape index (κ3) is 2.72. The summed E-state index contributed by atoms with van der Waals surface area (Å²) in [5.41, 5.74) is 5.21. The molecule has 1 aromatic carbocycles. The van der Waals surface area contributed by atoms with Crippen LogP contribution in [-0.2, 0) is 19.4 Å². The van der Waals surface area contributed by atoms with Gasteiger partial charge < -0.3 is 4.42 Å². The van der Waals surface area contributed by atoms with Crippen LogP contribution in [0.3, 0.4) is 0 Å². The van der Waals surface area contributed by atoms with Crippen LogP contribution < -0.4 is 0 Å². The highest BCUT2D eigenvalue weighted by Gasteiger charge is 2.19. The molecule has 0 saturated heterocycles. The van der Waals surface area contributed by atoms with Gasteiger partial charge in [0.2, 0.25) is 0 Å². The van der Waals surface area contributed by atoms with E-state index in [1.54, 1.807) is 10.9 Å². The Morgan fingerprint density at radius 1 is 1.21 bits per heavy atom. The minimum absolute atomic E-state index is 0.172. The third-order valence-electron chi connectivity index (χ3n) is 4.52. The van der Waals surface area contributed by atoms with E-state index in [0.717, 1.165) is 24.8 Å². The number of hydrogen-bond acceptors (Lipinski definition) is 3. The quantitative estimate of drug-likeness (QED) is 0.712. The van der Waals surface area contributed by atoms with Crippen LogP contribution in [0.5, 0.6) is 0 Å². The highest BCUT2D eigenvalue weighted by Crippen LogP contribution is 2.31. The lowest BCUT2D eigenvalue weighted by atomic mass is 9.87. The van der Waals surface area contributed by atoms with Crippen LogP contribution in [0.15, 0.2) is 41.4 Å². The van der Waals surface area contributed by atoms with Crippen molar-refractivity contribution >= 4 is 0 Å². The maximum atomic E-state index is 12.9. The topological polar surface area (TPSA) is 43.9 Å². The van der Waals surface area contributed by atoms with Crippen molar-refractivity contribution in [1.82, 2.24) is 14.8 Å². The predicted molar refractivity (Wildman–Crippen MR) is 84.9 cm³/mol. The van der Waals surface area contributed by atoms with Gasteiger partial charge in [-0.1, -0.05) is 18.2 Å². The van der Waals surface area contributed by atoms with Crippen LogP contribution in [-0.4, -0.2) is 14.8 Å². The number of halogens is 2. The minimum atomic E-state index is -2.67. The van der Waals surface area contributed by atoms with Crippen LogP contribution in [0.2, 0.25) is 0 Å². The second kappa shape index (κ2) is 6.19. The van der Waals surface area contributed by atoms with E-state index in [-0.39, 0.29) is 18.0 Å². The van der Waals surface area contributed by atoms with Gasteiger partial charge in [-0.25, -0.2) is 13.8 Å². The Morgan fingerprint density at radius 3 is 2.96 bits per heavy atom. The summed E-state index contributed by atoms with van der Waals surface area (Å²) in [4.78, 5) is 3.88. The zero-order valence-electron chi connectivity index (χ0n) is 13.1. The number of hydrogen-bond donors (Lipinski definition) is 0. The van der Waals surface area contributed by atoms with Gasteiger partial charge in [-0.2, -0.15) is 5.10 Å². The first-order chi connectivity index (χ1) is 11.7. The lowest BCUT2D eigenvalue weighted by molar-refractivity contribution is 0.120. The summed E-state index contributed by atoms with van der Waals surface area (Å²) < 4.78 is 32.1. The molecule has 24 heavy (non-hydrogen) atoms. The zero-order chi connectivity index (χ0) is 16.5. The van der Waals surface area contributed by atoms with Gasteiger partial charge in [0.1, 0.15) is 5.69 Å². The Kier molecular flexibility index (Phi) is 3.88. The van der Waals surface area contributed by atoms with Gasteiger partial charge in [-0.05, 0) is 42.4 Å². The van der Waals surface area contributed by atoms with Gasteiger partial charge in [0.05, 0.1) is 12.7 Å². The average Bonchev–Trinajstić information content (AvgIpc) is 3.24. The van der Waals surface area contributed by atoms with E-state index in [1.807, 2.05) is 6.20 Å². The maximum absolute atomic E-state index is 12.9. The second-order valence-corrected chi connectivity index (χ2v) is 6.04. The molecule has 0 spiro atoms. The van der Waals surface area contributed by atoms with Crippen LogP contribution in [0.4, 0.5) is 8.78 Å². The fourth-order valence-corrected chi connectivity index (χ4v) is 3.37. The summed E-state index contributed by atoms with van der Waals surface area (Å²) in [6.07, 6.45) is 6.69. The molecule has 0 fully saturated rings. The number of alkyl halides is 2. The molecule has 0 N–H and O–H groups in total. The van der Waals surface area contributed by atoms with Crippen molar-refractivity contribution in [2.45, 2.75) is 38.7 Å². The average molecular weight is 329 g/mol. The maximum Gasteiger partial charge on any atom is 0.297 e. The molecule has 4 nitrogen and oxygen atoms in total. The molecular formula is C18H17F2N3O. The molecule has 6 heteroatoms. The molecule has 0 amide bonds. The van der Waals surface area contributed by atoms with Crippen LogP contribution in [0.25, 0.3) is 11.1 Å². The molecule has 0 radical (unpaired) electrons. The zero-order valence-corrected chi connectivity index (χ0v) is 13.1. The van der Waals surface area contributed by atoms with E-state index in [2.05, 4.69) is 28.3 Å². The molecule has 0 atom stereocenters. The summed E-state index contributed by atoms with van der Waals surface area (Å²) in [7, 11) is 0. The largest absolute Gasteiger partial charge is 0.442 e. The first kappa shape index (κ1) is 15.1. The van der Waals surface area contributed by atoms with Gasteiger partial charge in [-0.3, -0.25) is 4.68 Å². The highest BCUT2D eigenvalue weighted by atomic mass is 19.3. The molecule has 124 valence electrons. The Balaban J connectivity index is 1.63. The Bertz CT molecular complexity index is 854. The van der Waals surface area contributed by atoms with Crippen molar-refractivity contribution in [1.29, 1.82) is 0 Å². The van der Waals surface area contributed by atoms with Crippen molar-refractivity contribution in [2.75, 3.05) is 0 Å². The number of benzene rings is 1. The number of fused-ring (bicyclic) bond motifs is 1. The molecule has 0 bridgehead atoms. The monoisotopic (exact) mass is 329 g/mol. The number of aryl methyl sites for hydroxylation is 1. The van der Waals surface area contributed by atoms with Gasteiger partial charge in [0.15, 0.2) is 12.2 Å². The minimum Gasteiger partial charge on any atom is -0.442 e. The van der Waals surface area contributed by atoms with E-state index >= 15 is 0 Å². The van der Waals surface area contributed by atoms with Gasteiger partial charge in [-0.15, -0.1) is 0 Å². The van der Waals surface area contributed by atoms with Crippen molar-refractivity contribution in [3.8, 4) is 11.1 Å². The van der Waals surface area contributed by atoms with Crippen LogP contribution in [0, 0.1) is 0 Å². The molecule has 0 aliphatic heterocycles. The fourth-order valence-electron chi connectivity index (χ4n) is 3.37. The summed E-state index contributed by atoms with van der Waals surface area (Å²) in [5.74, 6) is -0.385. The van der Waals surface area contributed by atoms with Crippen molar-refractivity contribution in [3.63, 3.8) is 0 Å². The smallest absolute Gasteiger partial charge is 0.297 e. The molecule has 2 aromatic heterocycles. The Morgan fingerprint density at radius 2 is 2.08 bits per heavy atom. The normalized spacial score (nSPS) is 14.1. The lowest BCUT2D eigenvalue weighted by Gasteiger charge is -2.18. The Labute approximate surface area is 138 Å². The summed E-state index contributed by atoms with van der Waals surface area (Å²) in [5, 5.41) is 4.31. The van der Waals surface area contributed by atoms with Crippen molar-refractivity contribution < 1.29 is 13.2 Å². The number of rotatable bonds is 4. The molecule has 0 saturated carbocycles. The van der Waals surface area contributed by atoms with E-state index in [9.17, 15) is 8.78 Å². The number of nitrogens with zero attached hydrogens (tertiary/aromatic N) is 3. The molecule has 3 aromatic rings. The summed E-state index contributed by atoms with van der Waals surface area (Å²) in [6.45, 7) is 0.172. The molecular weight excluding hydrogens is 312 g/mol. The first-order valence-electron chi connectivity index (χ1n) is 8.06. The lowest BCUT2D eigenvalue weighted by Crippen LogP contribution is -2.04. The summed E-state index contributed by atoms with van der Waals surface area (Å²) >= 11 is 0. The SMILES string of the molecule is FC(F)c1ocnc1Cn1cc(-c2cccc3c2CCCC3)cn1. The van der Waals surface area contributed by atoms with Crippen molar-refractivity contribution in [2.24, 2.45) is 0 Å². The van der Waals surface area contributed by atoms with Crippen LogP contribution in [0.1, 0.15) is 41.8 Å². The van der Waals surface area contributed by atoms with E-state index in [0.29, 0.717) is 0 Å². The molecule has 0 unspecified atom stereocenters. The number of aromatic nitrogens is 3. The summed E-state index contributed by atoms with van der Waals surface area (Å²) in [6, 6.07) is 6.36. The molecule has 1 aliphatic rings. The standard InChI is InChI=1S/C18H17F2N3O/c19-18(20)17-16(21-11-24-17)10-23-9-13(8-22-23)15-7-3-5-12-4-1-2-6-14(12)15/h3,5,7-9,11,18H,1-2,4,6,10H2. The van der Waals surface area contributed by atoms with E-state index in [1.165, 1.54) is 29.5 Å². The van der Waals surface area contributed by atoms with E-state index in [4.69, 9.17) is 4.42 Å². The van der Waals surface area contributed by atoms with Gasteiger partial charge in [0.25, 0.3) is 6.43 Å². The fraction of sp³-hybridized carbons (Fsp3) is 0.333. The number of oxazole rings is 1. The van der Waals surface area contributed by atoms with Gasteiger partial charge >= 0.3 is 0 Å². The van der Waals surface area contributed by atoms with Crippen molar-refractivity contribution in [3.05, 3.63) is 59.6 Å². The third-order valence-corrected chi connectivity index (χ3v) is 4.52. The highest BCUT2D eigenvalue weighted by molar-refractivity contribution is 5.68. The Hall–Kier alpha value is -2.50. The predicted octanol–water partition coefficient (Wildman–Crippen LogP) is 4.40. The molecule has 1 aliphatic carbocycles.